The third kappa shape index (κ3) is 4.80. The SMILES string of the molecule is COc1nc(C)nc2c1c(COCc1ccccc1)nn2C(C)c1ccc(C(F)(F)F)nc1. The first-order valence-corrected chi connectivity index (χ1v) is 10.2. The number of fused-ring (bicyclic) bond motifs is 1. The highest BCUT2D eigenvalue weighted by atomic mass is 19.4. The fraction of sp³-hybridized carbons (Fsp3) is 0.304. The van der Waals surface area contributed by atoms with Crippen LogP contribution >= 0.6 is 0 Å². The van der Waals surface area contributed by atoms with Gasteiger partial charge in [-0.3, -0.25) is 4.98 Å². The first-order chi connectivity index (χ1) is 15.8. The van der Waals surface area contributed by atoms with E-state index in [1.807, 2.05) is 37.3 Å². The molecular weight excluding hydrogens is 435 g/mol. The number of hydrogen-bond donors (Lipinski definition) is 0. The van der Waals surface area contributed by atoms with E-state index in [4.69, 9.17) is 9.47 Å². The molecule has 0 fully saturated rings. The van der Waals surface area contributed by atoms with Crippen molar-refractivity contribution in [1.82, 2.24) is 24.7 Å². The van der Waals surface area contributed by atoms with Crippen LogP contribution in [0.2, 0.25) is 0 Å². The van der Waals surface area contributed by atoms with Gasteiger partial charge in [0.15, 0.2) is 5.65 Å². The number of aryl methyl sites for hydroxylation is 1. The molecule has 4 aromatic rings. The molecule has 1 aromatic carbocycles. The van der Waals surface area contributed by atoms with E-state index >= 15 is 0 Å². The molecule has 1 atom stereocenters. The van der Waals surface area contributed by atoms with Gasteiger partial charge in [0.1, 0.15) is 22.6 Å². The van der Waals surface area contributed by atoms with E-state index in [9.17, 15) is 13.2 Å². The van der Waals surface area contributed by atoms with Gasteiger partial charge in [0.05, 0.1) is 26.4 Å². The number of pyridine rings is 1. The molecule has 0 amide bonds. The van der Waals surface area contributed by atoms with Crippen LogP contribution in [0.5, 0.6) is 5.88 Å². The zero-order chi connectivity index (χ0) is 23.6. The normalized spacial score (nSPS) is 12.8. The number of hydrogen-bond acceptors (Lipinski definition) is 6. The van der Waals surface area contributed by atoms with Crippen molar-refractivity contribution in [2.24, 2.45) is 0 Å². The van der Waals surface area contributed by atoms with E-state index in [0.29, 0.717) is 40.6 Å². The number of nitrogens with zero attached hydrogens (tertiary/aromatic N) is 5. The molecule has 1 unspecified atom stereocenters. The minimum atomic E-state index is -4.50. The Hall–Kier alpha value is -3.53. The minimum Gasteiger partial charge on any atom is -0.480 e. The van der Waals surface area contributed by atoms with Gasteiger partial charge in [0.2, 0.25) is 5.88 Å². The fourth-order valence-corrected chi connectivity index (χ4v) is 3.50. The molecule has 0 aliphatic heterocycles. The number of ether oxygens (including phenoxy) is 2. The molecular formula is C23H22F3N5O2. The number of methoxy groups -OCH3 is 1. The molecule has 7 nitrogen and oxygen atoms in total. The van der Waals surface area contributed by atoms with Gasteiger partial charge in [-0.05, 0) is 31.0 Å². The average Bonchev–Trinajstić information content (AvgIpc) is 3.16. The van der Waals surface area contributed by atoms with Gasteiger partial charge in [-0.2, -0.15) is 23.3 Å². The molecule has 0 spiro atoms. The van der Waals surface area contributed by atoms with Crippen LogP contribution in [0.4, 0.5) is 13.2 Å². The van der Waals surface area contributed by atoms with E-state index < -0.39 is 17.9 Å². The van der Waals surface area contributed by atoms with E-state index in [0.717, 1.165) is 11.6 Å². The molecule has 0 aliphatic carbocycles. The van der Waals surface area contributed by atoms with Gasteiger partial charge in [-0.1, -0.05) is 36.4 Å². The Bertz CT molecular complexity index is 1240. The summed E-state index contributed by atoms with van der Waals surface area (Å²) in [5, 5.41) is 5.28. The van der Waals surface area contributed by atoms with Crippen LogP contribution in [0.3, 0.4) is 0 Å². The van der Waals surface area contributed by atoms with Crippen LogP contribution < -0.4 is 4.74 Å². The van der Waals surface area contributed by atoms with Crippen molar-refractivity contribution in [2.75, 3.05) is 7.11 Å². The van der Waals surface area contributed by atoms with Crippen molar-refractivity contribution in [3.63, 3.8) is 0 Å². The molecule has 172 valence electrons. The molecule has 0 saturated carbocycles. The van der Waals surface area contributed by atoms with Crippen molar-refractivity contribution in [3.05, 3.63) is 77.0 Å². The monoisotopic (exact) mass is 457 g/mol. The Morgan fingerprint density at radius 1 is 1.03 bits per heavy atom. The Kier molecular flexibility index (Phi) is 6.28. The second kappa shape index (κ2) is 9.14. The second-order valence-corrected chi connectivity index (χ2v) is 7.50. The minimum absolute atomic E-state index is 0.180. The predicted octanol–water partition coefficient (Wildman–Crippen LogP) is 4.88. The van der Waals surface area contributed by atoms with Crippen molar-refractivity contribution in [3.8, 4) is 5.88 Å². The number of alkyl halides is 3. The van der Waals surface area contributed by atoms with Crippen LogP contribution in [0.15, 0.2) is 48.7 Å². The highest BCUT2D eigenvalue weighted by molar-refractivity contribution is 5.84. The number of aromatic nitrogens is 5. The van der Waals surface area contributed by atoms with Crippen LogP contribution in [-0.4, -0.2) is 31.8 Å². The number of benzene rings is 1. The van der Waals surface area contributed by atoms with Crippen molar-refractivity contribution < 1.29 is 22.6 Å². The number of rotatable bonds is 7. The van der Waals surface area contributed by atoms with Gasteiger partial charge >= 0.3 is 6.18 Å². The molecule has 0 radical (unpaired) electrons. The Labute approximate surface area is 188 Å². The summed E-state index contributed by atoms with van der Waals surface area (Å²) >= 11 is 0. The van der Waals surface area contributed by atoms with E-state index in [1.165, 1.54) is 19.4 Å². The summed E-state index contributed by atoms with van der Waals surface area (Å²) in [6.07, 6.45) is -3.29. The first-order valence-electron chi connectivity index (χ1n) is 10.2. The second-order valence-electron chi connectivity index (χ2n) is 7.50. The lowest BCUT2D eigenvalue weighted by Gasteiger charge is -2.14. The summed E-state index contributed by atoms with van der Waals surface area (Å²) in [5.74, 6) is 0.842. The first kappa shape index (κ1) is 22.7. The van der Waals surface area contributed by atoms with Gasteiger partial charge in [0, 0.05) is 6.20 Å². The topological polar surface area (TPSA) is 75.0 Å². The third-order valence-electron chi connectivity index (χ3n) is 5.17. The zero-order valence-electron chi connectivity index (χ0n) is 18.3. The summed E-state index contributed by atoms with van der Waals surface area (Å²) in [6.45, 7) is 4.12. The van der Waals surface area contributed by atoms with Crippen molar-refractivity contribution in [2.45, 2.75) is 39.3 Å². The Balaban J connectivity index is 1.69. The molecule has 0 saturated heterocycles. The largest absolute Gasteiger partial charge is 0.480 e. The molecule has 0 aliphatic rings. The standard InChI is InChI=1S/C23H22F3N5O2/c1-14(17-9-10-19(27-11-17)23(24,25)26)31-21-20(22(32-3)29-15(2)28-21)18(30-31)13-33-12-16-7-5-4-6-8-16/h4-11,14H,12-13H2,1-3H3. The van der Waals surface area contributed by atoms with Crippen molar-refractivity contribution >= 4 is 11.0 Å². The van der Waals surface area contributed by atoms with E-state index in [2.05, 4.69) is 20.1 Å². The zero-order valence-corrected chi connectivity index (χ0v) is 18.3. The molecule has 4 rings (SSSR count). The molecule has 33 heavy (non-hydrogen) atoms. The van der Waals surface area contributed by atoms with Crippen LogP contribution in [0, 0.1) is 6.92 Å². The quantitative estimate of drug-likeness (QED) is 0.394. The highest BCUT2D eigenvalue weighted by Gasteiger charge is 2.32. The van der Waals surface area contributed by atoms with Crippen LogP contribution in [-0.2, 0) is 24.1 Å². The van der Waals surface area contributed by atoms with E-state index in [1.54, 1.807) is 11.6 Å². The maximum atomic E-state index is 12.9. The van der Waals surface area contributed by atoms with Gasteiger partial charge in [-0.25, -0.2) is 9.67 Å². The molecule has 0 bridgehead atoms. The highest BCUT2D eigenvalue weighted by Crippen LogP contribution is 2.32. The smallest absolute Gasteiger partial charge is 0.433 e. The lowest BCUT2D eigenvalue weighted by atomic mass is 10.1. The summed E-state index contributed by atoms with van der Waals surface area (Å²) in [5.41, 5.74) is 1.71. The van der Waals surface area contributed by atoms with Gasteiger partial charge < -0.3 is 9.47 Å². The van der Waals surface area contributed by atoms with Crippen LogP contribution in [0.1, 0.15) is 41.3 Å². The van der Waals surface area contributed by atoms with Crippen LogP contribution in [0.25, 0.3) is 11.0 Å². The molecule has 3 heterocycles. The fourth-order valence-electron chi connectivity index (χ4n) is 3.50. The maximum absolute atomic E-state index is 12.9. The average molecular weight is 457 g/mol. The number of halogens is 3. The maximum Gasteiger partial charge on any atom is 0.433 e. The summed E-state index contributed by atoms with van der Waals surface area (Å²) in [4.78, 5) is 12.4. The molecule has 10 heteroatoms. The lowest BCUT2D eigenvalue weighted by molar-refractivity contribution is -0.141. The molecule has 3 aromatic heterocycles. The molecule has 0 N–H and O–H groups in total. The van der Waals surface area contributed by atoms with Gasteiger partial charge in [-0.15, -0.1) is 0 Å². The van der Waals surface area contributed by atoms with Gasteiger partial charge in [0.25, 0.3) is 0 Å². The Morgan fingerprint density at radius 2 is 1.79 bits per heavy atom. The van der Waals surface area contributed by atoms with Crippen molar-refractivity contribution in [1.29, 1.82) is 0 Å². The summed E-state index contributed by atoms with van der Waals surface area (Å²) < 4.78 is 51.7. The van der Waals surface area contributed by atoms with E-state index in [-0.39, 0.29) is 6.61 Å². The third-order valence-corrected chi connectivity index (χ3v) is 5.17. The summed E-state index contributed by atoms with van der Waals surface area (Å²) in [6, 6.07) is 11.6. The lowest BCUT2D eigenvalue weighted by Crippen LogP contribution is -2.12. The Morgan fingerprint density at radius 3 is 2.42 bits per heavy atom. The predicted molar refractivity (Wildman–Crippen MR) is 115 cm³/mol. The summed E-state index contributed by atoms with van der Waals surface area (Å²) in [7, 11) is 1.51.